The molecular weight excluding hydrogens is 266 g/mol. The normalized spacial score (nSPS) is 11.8. The second-order valence-corrected chi connectivity index (χ2v) is 6.72. The van der Waals surface area contributed by atoms with Gasteiger partial charge in [-0.1, -0.05) is 12.1 Å². The summed E-state index contributed by atoms with van der Waals surface area (Å²) in [6.07, 6.45) is 3.43. The quantitative estimate of drug-likeness (QED) is 0.637. The molecule has 1 aromatic heterocycles. The van der Waals surface area contributed by atoms with Crippen LogP contribution >= 0.6 is 0 Å². The van der Waals surface area contributed by atoms with Crippen LogP contribution in [0.1, 0.15) is 18.3 Å². The van der Waals surface area contributed by atoms with E-state index < -0.39 is 9.04 Å². The van der Waals surface area contributed by atoms with Crippen LogP contribution in [0.3, 0.4) is 0 Å². The van der Waals surface area contributed by atoms with E-state index in [1.165, 1.54) is 0 Å². The summed E-state index contributed by atoms with van der Waals surface area (Å²) in [6.45, 7) is 8.16. The maximum absolute atomic E-state index is 5.97. The molecule has 0 aliphatic carbocycles. The smallest absolute Gasteiger partial charge is 0.274 e. The first-order valence-electron chi connectivity index (χ1n) is 6.48. The van der Waals surface area contributed by atoms with Gasteiger partial charge < -0.3 is 4.43 Å². The van der Waals surface area contributed by atoms with Crippen molar-refractivity contribution in [1.82, 2.24) is 9.97 Å². The SMILES string of the molecule is CC(=Nc1cccc(C)c1O[Si](C)C)c1ncccn1. The lowest BCUT2D eigenvalue weighted by Crippen LogP contribution is -2.12. The summed E-state index contributed by atoms with van der Waals surface area (Å²) in [4.78, 5) is 13.0. The zero-order chi connectivity index (χ0) is 14.5. The third-order valence-corrected chi connectivity index (χ3v) is 3.29. The Bertz CT molecular complexity index is 612. The molecule has 0 saturated carbocycles. The Balaban J connectivity index is 2.40. The highest BCUT2D eigenvalue weighted by atomic mass is 28.3. The predicted molar refractivity (Wildman–Crippen MR) is 83.2 cm³/mol. The van der Waals surface area contributed by atoms with Crippen LogP contribution < -0.4 is 4.43 Å². The van der Waals surface area contributed by atoms with Gasteiger partial charge in [0.1, 0.15) is 11.4 Å². The summed E-state index contributed by atoms with van der Waals surface area (Å²) < 4.78 is 5.97. The lowest BCUT2D eigenvalue weighted by atomic mass is 10.2. The summed E-state index contributed by atoms with van der Waals surface area (Å²) in [5.74, 6) is 1.50. The van der Waals surface area contributed by atoms with Crippen molar-refractivity contribution in [2.45, 2.75) is 26.9 Å². The van der Waals surface area contributed by atoms with Crippen LogP contribution in [0.25, 0.3) is 0 Å². The largest absolute Gasteiger partial charge is 0.541 e. The Morgan fingerprint density at radius 1 is 1.15 bits per heavy atom. The molecule has 0 atom stereocenters. The van der Waals surface area contributed by atoms with Gasteiger partial charge >= 0.3 is 0 Å². The van der Waals surface area contributed by atoms with E-state index in [1.807, 2.05) is 32.0 Å². The topological polar surface area (TPSA) is 47.4 Å². The minimum atomic E-state index is -0.831. The molecule has 1 heterocycles. The molecular formula is C15H18N3OSi. The minimum Gasteiger partial charge on any atom is -0.541 e. The zero-order valence-electron chi connectivity index (χ0n) is 12.2. The van der Waals surface area contributed by atoms with E-state index in [-0.39, 0.29) is 0 Å². The van der Waals surface area contributed by atoms with Crippen molar-refractivity contribution in [2.24, 2.45) is 4.99 Å². The van der Waals surface area contributed by atoms with Gasteiger partial charge in [0.05, 0.1) is 5.71 Å². The van der Waals surface area contributed by atoms with Crippen molar-refractivity contribution in [2.75, 3.05) is 0 Å². The highest BCUT2D eigenvalue weighted by Gasteiger charge is 2.10. The summed E-state index contributed by atoms with van der Waals surface area (Å²) >= 11 is 0. The molecule has 2 rings (SSSR count). The van der Waals surface area contributed by atoms with Crippen LogP contribution in [-0.2, 0) is 0 Å². The van der Waals surface area contributed by atoms with Crippen molar-refractivity contribution in [3.8, 4) is 5.75 Å². The van der Waals surface area contributed by atoms with Gasteiger partial charge in [0, 0.05) is 12.4 Å². The van der Waals surface area contributed by atoms with Gasteiger partial charge in [0.2, 0.25) is 0 Å². The number of rotatable bonds is 4. The van der Waals surface area contributed by atoms with E-state index in [1.54, 1.807) is 18.5 Å². The highest BCUT2D eigenvalue weighted by Crippen LogP contribution is 2.31. The van der Waals surface area contributed by atoms with Gasteiger partial charge in [0.15, 0.2) is 5.82 Å². The van der Waals surface area contributed by atoms with Crippen molar-refractivity contribution >= 4 is 20.4 Å². The Labute approximate surface area is 121 Å². The monoisotopic (exact) mass is 284 g/mol. The first-order valence-corrected chi connectivity index (χ1v) is 8.89. The fraction of sp³-hybridized carbons (Fsp3) is 0.267. The molecule has 0 bridgehead atoms. The number of para-hydroxylation sites is 1. The highest BCUT2D eigenvalue weighted by molar-refractivity contribution is 6.49. The van der Waals surface area contributed by atoms with Crippen molar-refractivity contribution < 1.29 is 4.43 Å². The Kier molecular flexibility index (Phi) is 4.63. The molecule has 0 fully saturated rings. The first-order chi connectivity index (χ1) is 9.58. The Morgan fingerprint density at radius 2 is 1.85 bits per heavy atom. The number of aryl methyl sites for hydroxylation is 1. The molecule has 0 unspecified atom stereocenters. The Hall–Kier alpha value is -2.01. The standard InChI is InChI=1S/C15H18N3OSi/c1-11-7-5-8-13(14(11)19-20(3)4)18-12(2)15-16-9-6-10-17-15/h5-10H,1-4H3. The fourth-order valence-corrected chi connectivity index (χ4v) is 2.45. The number of nitrogens with zero attached hydrogens (tertiary/aromatic N) is 3. The molecule has 1 aromatic carbocycles. The van der Waals surface area contributed by atoms with Gasteiger partial charge in [-0.3, -0.25) is 0 Å². The fourth-order valence-electron chi connectivity index (χ4n) is 1.78. The predicted octanol–water partition coefficient (Wildman–Crippen LogP) is 3.56. The van der Waals surface area contributed by atoms with E-state index in [0.717, 1.165) is 22.7 Å². The van der Waals surface area contributed by atoms with E-state index in [9.17, 15) is 0 Å². The van der Waals surface area contributed by atoms with Gasteiger partial charge in [-0.25, -0.2) is 15.0 Å². The lowest BCUT2D eigenvalue weighted by molar-refractivity contribution is 0.577. The third-order valence-electron chi connectivity index (χ3n) is 2.67. The second kappa shape index (κ2) is 6.43. The van der Waals surface area contributed by atoms with E-state index in [2.05, 4.69) is 28.1 Å². The summed E-state index contributed by atoms with van der Waals surface area (Å²) in [7, 11) is -0.831. The molecule has 2 aromatic rings. The summed E-state index contributed by atoms with van der Waals surface area (Å²) in [5, 5.41) is 0. The van der Waals surface area contributed by atoms with Crippen molar-refractivity contribution in [3.05, 3.63) is 48.0 Å². The van der Waals surface area contributed by atoms with E-state index in [4.69, 9.17) is 4.43 Å². The number of aliphatic imine (C=N–C) groups is 1. The average molecular weight is 284 g/mol. The van der Waals surface area contributed by atoms with Crippen LogP contribution in [0.15, 0.2) is 41.7 Å². The molecule has 0 amide bonds. The van der Waals surface area contributed by atoms with E-state index >= 15 is 0 Å². The molecule has 0 aliphatic heterocycles. The molecule has 20 heavy (non-hydrogen) atoms. The number of aromatic nitrogens is 2. The van der Waals surface area contributed by atoms with Crippen molar-refractivity contribution in [1.29, 1.82) is 0 Å². The van der Waals surface area contributed by atoms with Gasteiger partial charge in [0.25, 0.3) is 9.04 Å². The summed E-state index contributed by atoms with van der Waals surface area (Å²) in [6, 6.07) is 7.77. The van der Waals surface area contributed by atoms with Crippen molar-refractivity contribution in [3.63, 3.8) is 0 Å². The lowest BCUT2D eigenvalue weighted by Gasteiger charge is -2.14. The van der Waals surface area contributed by atoms with Crippen LogP contribution in [-0.4, -0.2) is 24.7 Å². The van der Waals surface area contributed by atoms with Crippen LogP contribution in [0.4, 0.5) is 5.69 Å². The summed E-state index contributed by atoms with van der Waals surface area (Å²) in [5.41, 5.74) is 2.71. The van der Waals surface area contributed by atoms with Crippen LogP contribution in [0.2, 0.25) is 13.1 Å². The van der Waals surface area contributed by atoms with Crippen LogP contribution in [0.5, 0.6) is 5.75 Å². The molecule has 0 spiro atoms. The zero-order valence-corrected chi connectivity index (χ0v) is 13.2. The van der Waals surface area contributed by atoms with E-state index in [0.29, 0.717) is 5.82 Å². The third kappa shape index (κ3) is 3.51. The first kappa shape index (κ1) is 14.4. The molecule has 4 nitrogen and oxygen atoms in total. The Morgan fingerprint density at radius 3 is 2.50 bits per heavy atom. The molecule has 103 valence electrons. The van der Waals surface area contributed by atoms with Crippen LogP contribution in [0, 0.1) is 6.92 Å². The number of hydrogen-bond donors (Lipinski definition) is 0. The molecule has 0 N–H and O–H groups in total. The number of benzene rings is 1. The average Bonchev–Trinajstić information content (AvgIpc) is 2.43. The van der Waals surface area contributed by atoms with Gasteiger partial charge in [-0.05, 0) is 44.6 Å². The molecule has 5 heteroatoms. The second-order valence-electron chi connectivity index (χ2n) is 4.70. The molecule has 1 radical (unpaired) electrons. The van der Waals surface area contributed by atoms with Gasteiger partial charge in [-0.15, -0.1) is 0 Å². The van der Waals surface area contributed by atoms with Gasteiger partial charge in [-0.2, -0.15) is 0 Å². The maximum Gasteiger partial charge on any atom is 0.274 e. The number of hydrogen-bond acceptors (Lipinski definition) is 4. The molecule has 0 aliphatic rings. The molecule has 0 saturated heterocycles. The maximum atomic E-state index is 5.97. The minimum absolute atomic E-state index is 0.637.